The third-order valence-corrected chi connectivity index (χ3v) is 1.61. The van der Waals surface area contributed by atoms with Gasteiger partial charge in [0.2, 0.25) is 0 Å². The van der Waals surface area contributed by atoms with Gasteiger partial charge in [0.1, 0.15) is 12.6 Å². The molecule has 1 heterocycles. The quantitative estimate of drug-likeness (QED) is 0.626. The molecule has 0 aromatic carbocycles. The largest absolute Gasteiger partial charge is 0.477 e. The fourth-order valence-electron chi connectivity index (χ4n) is 1.05. The molecule has 0 fully saturated rings. The molecular weight excluding hydrogens is 174 g/mol. The van der Waals surface area contributed by atoms with Gasteiger partial charge in [-0.2, -0.15) is 4.57 Å². The summed E-state index contributed by atoms with van der Waals surface area (Å²) < 4.78 is 1.26. The van der Waals surface area contributed by atoms with E-state index in [4.69, 9.17) is 10.2 Å². The highest BCUT2D eigenvalue weighted by Gasteiger charge is 2.24. The van der Waals surface area contributed by atoms with Gasteiger partial charge >= 0.3 is 17.6 Å². The standard InChI is InChI=1S/C8H7NO4/c1-9-4-2-3-5(7(10)11)6(9)8(12)13/h2-4H,1H3,(H-,10,11,12,13)/p+1. The highest BCUT2D eigenvalue weighted by atomic mass is 16.4. The van der Waals surface area contributed by atoms with Gasteiger partial charge in [-0.15, -0.1) is 0 Å². The number of rotatable bonds is 2. The summed E-state index contributed by atoms with van der Waals surface area (Å²) in [6.07, 6.45) is 1.48. The van der Waals surface area contributed by atoms with E-state index in [1.54, 1.807) is 0 Å². The van der Waals surface area contributed by atoms with Crippen molar-refractivity contribution in [3.8, 4) is 0 Å². The molecule has 5 heteroatoms. The van der Waals surface area contributed by atoms with Crippen molar-refractivity contribution in [2.24, 2.45) is 7.05 Å². The first kappa shape index (κ1) is 9.18. The zero-order valence-electron chi connectivity index (χ0n) is 6.89. The molecule has 13 heavy (non-hydrogen) atoms. The van der Waals surface area contributed by atoms with Crippen molar-refractivity contribution in [1.29, 1.82) is 0 Å². The van der Waals surface area contributed by atoms with Crippen molar-refractivity contribution in [2.45, 2.75) is 0 Å². The zero-order chi connectivity index (χ0) is 10.0. The summed E-state index contributed by atoms with van der Waals surface area (Å²) in [5, 5.41) is 17.4. The lowest BCUT2D eigenvalue weighted by Gasteiger charge is -1.97. The number of carbonyl (C=O) groups is 2. The molecule has 0 amide bonds. The average Bonchev–Trinajstić information content (AvgIpc) is 2.02. The van der Waals surface area contributed by atoms with Gasteiger partial charge in [0.15, 0.2) is 6.20 Å². The van der Waals surface area contributed by atoms with Crippen LogP contribution in [0.15, 0.2) is 18.3 Å². The van der Waals surface area contributed by atoms with Gasteiger partial charge in [-0.3, -0.25) is 0 Å². The van der Waals surface area contributed by atoms with Gasteiger partial charge in [0.25, 0.3) is 0 Å². The first-order chi connectivity index (χ1) is 6.04. The molecule has 0 atom stereocenters. The minimum atomic E-state index is -1.25. The molecule has 0 aliphatic rings. The van der Waals surface area contributed by atoms with Crippen molar-refractivity contribution in [2.75, 3.05) is 0 Å². The molecule has 68 valence electrons. The lowest BCUT2D eigenvalue weighted by Crippen LogP contribution is -2.38. The summed E-state index contributed by atoms with van der Waals surface area (Å²) in [5.41, 5.74) is -0.437. The van der Waals surface area contributed by atoms with E-state index >= 15 is 0 Å². The van der Waals surface area contributed by atoms with Gasteiger partial charge in [-0.1, -0.05) is 0 Å². The number of carboxylic acid groups (broad SMARTS) is 2. The van der Waals surface area contributed by atoms with Crippen LogP contribution in [0, 0.1) is 0 Å². The zero-order valence-corrected chi connectivity index (χ0v) is 6.89. The third kappa shape index (κ3) is 1.64. The Hall–Kier alpha value is -1.91. The van der Waals surface area contributed by atoms with Crippen molar-refractivity contribution >= 4 is 11.9 Å². The van der Waals surface area contributed by atoms with Crippen molar-refractivity contribution in [3.05, 3.63) is 29.6 Å². The van der Waals surface area contributed by atoms with Gasteiger partial charge in [0.05, 0.1) is 0 Å². The molecular formula is C8H8NO4+. The van der Waals surface area contributed by atoms with Crippen LogP contribution in [0.5, 0.6) is 0 Å². The Bertz CT molecular complexity index is 372. The third-order valence-electron chi connectivity index (χ3n) is 1.61. The lowest BCUT2D eigenvalue weighted by molar-refractivity contribution is -0.674. The molecule has 0 aliphatic heterocycles. The molecule has 5 nitrogen and oxygen atoms in total. The fourth-order valence-corrected chi connectivity index (χ4v) is 1.05. The lowest BCUT2D eigenvalue weighted by atomic mass is 10.2. The smallest absolute Gasteiger partial charge is 0.402 e. The molecule has 0 saturated heterocycles. The number of aromatic nitrogens is 1. The molecule has 1 aromatic rings. The average molecular weight is 182 g/mol. The monoisotopic (exact) mass is 182 g/mol. The van der Waals surface area contributed by atoms with E-state index in [2.05, 4.69) is 0 Å². The second kappa shape index (κ2) is 3.22. The van der Waals surface area contributed by atoms with Crippen LogP contribution in [0.25, 0.3) is 0 Å². The molecule has 0 radical (unpaired) electrons. The Morgan fingerprint density at radius 3 is 2.31 bits per heavy atom. The Morgan fingerprint density at radius 2 is 1.92 bits per heavy atom. The van der Waals surface area contributed by atoms with Crippen LogP contribution < -0.4 is 4.57 Å². The number of carboxylic acids is 2. The van der Waals surface area contributed by atoms with Crippen molar-refractivity contribution in [3.63, 3.8) is 0 Å². The van der Waals surface area contributed by atoms with Gasteiger partial charge in [-0.05, 0) is 6.07 Å². The molecule has 2 N–H and O–H groups in total. The Labute approximate surface area is 73.9 Å². The van der Waals surface area contributed by atoms with Crippen molar-refractivity contribution < 1.29 is 24.4 Å². The molecule has 0 aliphatic carbocycles. The molecule has 0 unspecified atom stereocenters. The molecule has 1 rings (SSSR count). The van der Waals surface area contributed by atoms with E-state index in [1.807, 2.05) is 0 Å². The predicted molar refractivity (Wildman–Crippen MR) is 41.5 cm³/mol. The number of pyridine rings is 1. The number of hydrogen-bond donors (Lipinski definition) is 2. The minimum Gasteiger partial charge on any atom is -0.477 e. The Kier molecular flexibility index (Phi) is 2.27. The molecule has 1 aromatic heterocycles. The molecule has 0 bridgehead atoms. The van der Waals surface area contributed by atoms with Gasteiger partial charge in [-0.25, -0.2) is 9.59 Å². The first-order valence-corrected chi connectivity index (χ1v) is 3.49. The predicted octanol–water partition coefficient (Wildman–Crippen LogP) is -0.0925. The van der Waals surface area contributed by atoms with E-state index in [1.165, 1.54) is 29.9 Å². The van der Waals surface area contributed by atoms with E-state index in [0.29, 0.717) is 0 Å². The highest BCUT2D eigenvalue weighted by Crippen LogP contribution is 2.02. The Morgan fingerprint density at radius 1 is 1.31 bits per heavy atom. The summed E-state index contributed by atoms with van der Waals surface area (Å²) in [7, 11) is 1.48. The maximum atomic E-state index is 10.7. The SMILES string of the molecule is C[n+]1cccc(C(=O)O)c1C(=O)O. The van der Waals surface area contributed by atoms with E-state index in [-0.39, 0.29) is 11.3 Å². The van der Waals surface area contributed by atoms with Crippen molar-refractivity contribution in [1.82, 2.24) is 0 Å². The second-order valence-electron chi connectivity index (χ2n) is 2.49. The fraction of sp³-hybridized carbons (Fsp3) is 0.125. The summed E-state index contributed by atoms with van der Waals surface area (Å²) in [4.78, 5) is 21.3. The van der Waals surface area contributed by atoms with Crippen LogP contribution in [-0.2, 0) is 7.05 Å². The normalized spacial score (nSPS) is 9.62. The van der Waals surface area contributed by atoms with E-state index in [9.17, 15) is 9.59 Å². The Balaban J connectivity index is 3.43. The highest BCUT2D eigenvalue weighted by molar-refractivity contribution is 5.98. The number of aryl methyl sites for hydroxylation is 1. The topological polar surface area (TPSA) is 78.5 Å². The minimum absolute atomic E-state index is 0.211. The number of hydrogen-bond acceptors (Lipinski definition) is 2. The first-order valence-electron chi connectivity index (χ1n) is 3.49. The molecule has 0 spiro atoms. The summed E-state index contributed by atoms with van der Waals surface area (Å²) >= 11 is 0. The van der Waals surface area contributed by atoms with Crippen LogP contribution in [0.2, 0.25) is 0 Å². The maximum Gasteiger partial charge on any atom is 0.402 e. The van der Waals surface area contributed by atoms with Crippen LogP contribution in [0.1, 0.15) is 20.8 Å². The summed E-state index contributed by atoms with van der Waals surface area (Å²) in [6, 6.07) is 2.74. The number of nitrogens with zero attached hydrogens (tertiary/aromatic N) is 1. The second-order valence-corrected chi connectivity index (χ2v) is 2.49. The van der Waals surface area contributed by atoms with Gasteiger partial charge < -0.3 is 10.2 Å². The van der Waals surface area contributed by atoms with Crippen LogP contribution in [0.3, 0.4) is 0 Å². The van der Waals surface area contributed by atoms with E-state index in [0.717, 1.165) is 0 Å². The summed E-state index contributed by atoms with van der Waals surface area (Å²) in [6.45, 7) is 0. The van der Waals surface area contributed by atoms with E-state index < -0.39 is 11.9 Å². The molecule has 0 saturated carbocycles. The summed E-state index contributed by atoms with van der Waals surface area (Å²) in [5.74, 6) is -2.49. The van der Waals surface area contributed by atoms with Crippen LogP contribution in [-0.4, -0.2) is 22.2 Å². The number of aromatic carboxylic acids is 2. The maximum absolute atomic E-state index is 10.7. The van der Waals surface area contributed by atoms with Crippen LogP contribution in [0.4, 0.5) is 0 Å². The van der Waals surface area contributed by atoms with Crippen LogP contribution >= 0.6 is 0 Å². The van der Waals surface area contributed by atoms with Gasteiger partial charge in [0, 0.05) is 6.07 Å².